The summed E-state index contributed by atoms with van der Waals surface area (Å²) in [7, 11) is 0. The van der Waals surface area contributed by atoms with Gasteiger partial charge in [0, 0.05) is 30.6 Å². The maximum atomic E-state index is 12.6. The second-order valence-corrected chi connectivity index (χ2v) is 6.44. The zero-order chi connectivity index (χ0) is 18.4. The zero-order valence-corrected chi connectivity index (χ0v) is 14.5. The summed E-state index contributed by atoms with van der Waals surface area (Å²) in [6.45, 7) is 4.41. The first-order valence-electron chi connectivity index (χ1n) is 8.41. The van der Waals surface area contributed by atoms with Crippen molar-refractivity contribution in [2.75, 3.05) is 19.7 Å². The standard InChI is InChI=1S/C18H24N2O5/c1-12(2)17(23)19-14-6-8-20(9-7-14)18(24)13-4-3-5-15(10-13)25-11-16(21)22/h3-5,10,12,14H,6-9,11H2,1-2H3,(H,19,23)(H,21,22). The van der Waals surface area contributed by atoms with Gasteiger partial charge in [-0.1, -0.05) is 19.9 Å². The highest BCUT2D eigenvalue weighted by molar-refractivity contribution is 5.94. The molecule has 136 valence electrons. The number of ether oxygens (including phenoxy) is 1. The Labute approximate surface area is 147 Å². The minimum absolute atomic E-state index is 0.0352. The summed E-state index contributed by atoms with van der Waals surface area (Å²) in [5.74, 6) is -0.842. The number of benzene rings is 1. The van der Waals surface area contributed by atoms with E-state index in [2.05, 4.69) is 5.32 Å². The fraction of sp³-hybridized carbons (Fsp3) is 0.500. The van der Waals surface area contributed by atoms with Crippen LogP contribution in [0.5, 0.6) is 5.75 Å². The van der Waals surface area contributed by atoms with E-state index in [-0.39, 0.29) is 23.8 Å². The molecular formula is C18H24N2O5. The molecule has 1 aromatic rings. The largest absolute Gasteiger partial charge is 0.482 e. The van der Waals surface area contributed by atoms with Crippen LogP contribution in [0, 0.1) is 5.92 Å². The molecule has 0 saturated carbocycles. The molecule has 25 heavy (non-hydrogen) atoms. The van der Waals surface area contributed by atoms with Crippen LogP contribution >= 0.6 is 0 Å². The first-order valence-corrected chi connectivity index (χ1v) is 8.41. The lowest BCUT2D eigenvalue weighted by Gasteiger charge is -2.32. The van der Waals surface area contributed by atoms with Crippen molar-refractivity contribution in [1.29, 1.82) is 0 Å². The first-order chi connectivity index (χ1) is 11.9. The van der Waals surface area contributed by atoms with Crippen molar-refractivity contribution >= 4 is 17.8 Å². The topological polar surface area (TPSA) is 95.9 Å². The SMILES string of the molecule is CC(C)C(=O)NC1CCN(C(=O)c2cccc(OCC(=O)O)c2)CC1. The van der Waals surface area contributed by atoms with Gasteiger partial charge in [0.05, 0.1) is 0 Å². The molecule has 1 saturated heterocycles. The molecule has 1 aliphatic heterocycles. The van der Waals surface area contributed by atoms with Crippen molar-refractivity contribution < 1.29 is 24.2 Å². The molecule has 0 aliphatic carbocycles. The van der Waals surface area contributed by atoms with Crippen molar-refractivity contribution in [1.82, 2.24) is 10.2 Å². The van der Waals surface area contributed by atoms with Crippen LogP contribution in [0.15, 0.2) is 24.3 Å². The number of carboxylic acids is 1. The number of hydrogen-bond acceptors (Lipinski definition) is 4. The summed E-state index contributed by atoms with van der Waals surface area (Å²) in [6.07, 6.45) is 1.44. The van der Waals surface area contributed by atoms with Crippen molar-refractivity contribution in [3.05, 3.63) is 29.8 Å². The quantitative estimate of drug-likeness (QED) is 0.813. The number of nitrogens with one attached hydrogen (secondary N) is 1. The monoisotopic (exact) mass is 348 g/mol. The van der Waals surface area contributed by atoms with E-state index in [1.807, 2.05) is 13.8 Å². The number of likely N-dealkylation sites (tertiary alicyclic amines) is 1. The van der Waals surface area contributed by atoms with E-state index in [4.69, 9.17) is 9.84 Å². The number of aliphatic carboxylic acids is 1. The van der Waals surface area contributed by atoms with E-state index in [1.54, 1.807) is 29.2 Å². The summed E-state index contributed by atoms with van der Waals surface area (Å²) in [6, 6.07) is 6.62. The number of piperidine rings is 1. The van der Waals surface area contributed by atoms with Crippen molar-refractivity contribution in [3.8, 4) is 5.75 Å². The van der Waals surface area contributed by atoms with Crippen LogP contribution in [0.4, 0.5) is 0 Å². The van der Waals surface area contributed by atoms with Crippen LogP contribution < -0.4 is 10.1 Å². The molecule has 0 unspecified atom stereocenters. The van der Waals surface area contributed by atoms with Gasteiger partial charge in [0.2, 0.25) is 5.91 Å². The maximum absolute atomic E-state index is 12.6. The van der Waals surface area contributed by atoms with Crippen LogP contribution in [-0.4, -0.2) is 53.5 Å². The van der Waals surface area contributed by atoms with Crippen LogP contribution in [0.3, 0.4) is 0 Å². The Balaban J connectivity index is 1.90. The molecule has 1 heterocycles. The van der Waals surface area contributed by atoms with E-state index >= 15 is 0 Å². The van der Waals surface area contributed by atoms with Gasteiger partial charge in [0.1, 0.15) is 5.75 Å². The molecule has 0 aromatic heterocycles. The molecule has 1 aliphatic rings. The van der Waals surface area contributed by atoms with E-state index in [0.717, 1.165) is 12.8 Å². The van der Waals surface area contributed by atoms with Gasteiger partial charge < -0.3 is 20.1 Å². The fourth-order valence-electron chi connectivity index (χ4n) is 2.64. The van der Waals surface area contributed by atoms with Gasteiger partial charge in [-0.25, -0.2) is 4.79 Å². The third-order valence-electron chi connectivity index (χ3n) is 4.10. The number of hydrogen-bond donors (Lipinski definition) is 2. The van der Waals surface area contributed by atoms with Gasteiger partial charge in [0.15, 0.2) is 6.61 Å². The number of carbonyl (C=O) groups excluding carboxylic acids is 2. The number of rotatable bonds is 6. The van der Waals surface area contributed by atoms with E-state index in [1.165, 1.54) is 0 Å². The average molecular weight is 348 g/mol. The minimum Gasteiger partial charge on any atom is -0.482 e. The smallest absolute Gasteiger partial charge is 0.341 e. The predicted molar refractivity (Wildman–Crippen MR) is 91.5 cm³/mol. The molecular weight excluding hydrogens is 324 g/mol. The van der Waals surface area contributed by atoms with Crippen LogP contribution in [0.25, 0.3) is 0 Å². The van der Waals surface area contributed by atoms with Crippen molar-refractivity contribution in [2.24, 2.45) is 5.92 Å². The zero-order valence-electron chi connectivity index (χ0n) is 14.5. The van der Waals surface area contributed by atoms with Gasteiger partial charge in [-0.05, 0) is 31.0 Å². The molecule has 1 aromatic carbocycles. The minimum atomic E-state index is -1.07. The van der Waals surface area contributed by atoms with Crippen LogP contribution in [0.2, 0.25) is 0 Å². The highest BCUT2D eigenvalue weighted by atomic mass is 16.5. The summed E-state index contributed by atoms with van der Waals surface area (Å²) in [4.78, 5) is 36.6. The number of amides is 2. The highest BCUT2D eigenvalue weighted by Crippen LogP contribution is 2.18. The Kier molecular flexibility index (Phi) is 6.38. The first kappa shape index (κ1) is 18.8. The number of nitrogens with zero attached hydrogens (tertiary/aromatic N) is 1. The third-order valence-corrected chi connectivity index (χ3v) is 4.10. The van der Waals surface area contributed by atoms with Crippen LogP contribution in [-0.2, 0) is 9.59 Å². The Hall–Kier alpha value is -2.57. The Morgan fingerprint density at radius 3 is 2.56 bits per heavy atom. The fourth-order valence-corrected chi connectivity index (χ4v) is 2.64. The normalized spacial score (nSPS) is 15.1. The second-order valence-electron chi connectivity index (χ2n) is 6.44. The summed E-state index contributed by atoms with van der Waals surface area (Å²) < 4.78 is 5.11. The molecule has 2 rings (SSSR count). The molecule has 0 bridgehead atoms. The van der Waals surface area contributed by atoms with Gasteiger partial charge in [-0.15, -0.1) is 0 Å². The van der Waals surface area contributed by atoms with E-state index < -0.39 is 12.6 Å². The molecule has 0 spiro atoms. The lowest BCUT2D eigenvalue weighted by molar-refractivity contribution is -0.139. The second kappa shape index (κ2) is 8.50. The molecule has 7 nitrogen and oxygen atoms in total. The summed E-state index contributed by atoms with van der Waals surface area (Å²) in [5, 5.41) is 11.6. The number of carboxylic acid groups (broad SMARTS) is 1. The lowest BCUT2D eigenvalue weighted by Crippen LogP contribution is -2.47. The van der Waals surface area contributed by atoms with Crippen molar-refractivity contribution in [2.45, 2.75) is 32.7 Å². The molecule has 0 radical (unpaired) electrons. The lowest BCUT2D eigenvalue weighted by atomic mass is 10.0. The Bertz CT molecular complexity index is 636. The van der Waals surface area contributed by atoms with Crippen LogP contribution in [0.1, 0.15) is 37.0 Å². The van der Waals surface area contributed by atoms with Crippen molar-refractivity contribution in [3.63, 3.8) is 0 Å². The molecule has 7 heteroatoms. The summed E-state index contributed by atoms with van der Waals surface area (Å²) >= 11 is 0. The van der Waals surface area contributed by atoms with E-state index in [0.29, 0.717) is 24.4 Å². The van der Waals surface area contributed by atoms with Gasteiger partial charge in [0.25, 0.3) is 5.91 Å². The molecule has 1 fully saturated rings. The number of carbonyl (C=O) groups is 3. The molecule has 2 amide bonds. The Morgan fingerprint density at radius 2 is 1.96 bits per heavy atom. The molecule has 0 atom stereocenters. The predicted octanol–water partition coefficient (Wildman–Crippen LogP) is 1.53. The van der Waals surface area contributed by atoms with E-state index in [9.17, 15) is 14.4 Å². The van der Waals surface area contributed by atoms with Gasteiger partial charge in [-0.2, -0.15) is 0 Å². The average Bonchev–Trinajstić information content (AvgIpc) is 2.60. The highest BCUT2D eigenvalue weighted by Gasteiger charge is 2.25. The van der Waals surface area contributed by atoms with Gasteiger partial charge >= 0.3 is 5.97 Å². The van der Waals surface area contributed by atoms with Gasteiger partial charge in [-0.3, -0.25) is 9.59 Å². The summed E-state index contributed by atoms with van der Waals surface area (Å²) in [5.41, 5.74) is 0.465. The Morgan fingerprint density at radius 1 is 1.28 bits per heavy atom. The maximum Gasteiger partial charge on any atom is 0.341 e. The molecule has 2 N–H and O–H groups in total. The third kappa shape index (κ3) is 5.48.